The van der Waals surface area contributed by atoms with Gasteiger partial charge >= 0.3 is 0 Å². The number of thioether (sulfide) groups is 1. The summed E-state index contributed by atoms with van der Waals surface area (Å²) in [4.78, 5) is 26.3. The molecule has 3 rings (SSSR count). The van der Waals surface area contributed by atoms with E-state index in [0.717, 1.165) is 0 Å². The normalized spacial score (nSPS) is 15.7. The van der Waals surface area contributed by atoms with Gasteiger partial charge in [0.15, 0.2) is 0 Å². The number of carbonyl (C=O) groups is 2. The number of nitrogens with zero attached hydrogens (tertiary/aromatic N) is 1. The Morgan fingerprint density at radius 3 is 2.77 bits per heavy atom. The number of rotatable bonds is 6. The SMILES string of the molecule is O=C(CCCN1C(=O)/C(=C\c2ccco2)SC1=S)Nc1ccc(F)cc1. The summed E-state index contributed by atoms with van der Waals surface area (Å²) in [5.74, 6) is -0.160. The van der Waals surface area contributed by atoms with Crippen molar-refractivity contribution in [3.63, 3.8) is 0 Å². The largest absolute Gasteiger partial charge is 0.465 e. The van der Waals surface area contributed by atoms with Crippen molar-refractivity contribution in [3.8, 4) is 0 Å². The Morgan fingerprint density at radius 2 is 2.08 bits per heavy atom. The number of carbonyl (C=O) groups excluding carboxylic acids is 2. The molecule has 1 aliphatic heterocycles. The van der Waals surface area contributed by atoms with Gasteiger partial charge in [-0.1, -0.05) is 24.0 Å². The minimum absolute atomic E-state index is 0.185. The standard InChI is InChI=1S/C18H15FN2O3S2/c19-12-5-7-13(8-6-12)20-16(22)4-1-9-21-17(23)15(26-18(21)25)11-14-3-2-10-24-14/h2-3,5-8,10-11H,1,4,9H2,(H,20,22)/b15-11+. The number of halogens is 1. The van der Waals surface area contributed by atoms with Gasteiger partial charge in [-0.2, -0.15) is 0 Å². The van der Waals surface area contributed by atoms with Gasteiger partial charge in [-0.05, 0) is 42.8 Å². The fourth-order valence-electron chi connectivity index (χ4n) is 2.35. The lowest BCUT2D eigenvalue weighted by atomic mass is 10.2. The van der Waals surface area contributed by atoms with Crippen LogP contribution in [0.4, 0.5) is 10.1 Å². The van der Waals surface area contributed by atoms with Crippen molar-refractivity contribution < 1.29 is 18.4 Å². The second-order valence-corrected chi connectivity index (χ2v) is 7.18. The van der Waals surface area contributed by atoms with Gasteiger partial charge in [0.1, 0.15) is 15.9 Å². The molecule has 1 fully saturated rings. The average molecular weight is 390 g/mol. The number of anilines is 1. The fraction of sp³-hybridized carbons (Fsp3) is 0.167. The minimum atomic E-state index is -0.361. The molecular formula is C18H15FN2O3S2. The second-order valence-electron chi connectivity index (χ2n) is 5.51. The maximum Gasteiger partial charge on any atom is 0.266 e. The van der Waals surface area contributed by atoms with Crippen molar-refractivity contribution >= 4 is 51.9 Å². The van der Waals surface area contributed by atoms with E-state index < -0.39 is 0 Å². The zero-order valence-corrected chi connectivity index (χ0v) is 15.2. The van der Waals surface area contributed by atoms with E-state index in [1.165, 1.54) is 47.2 Å². The molecule has 1 aromatic carbocycles. The molecule has 1 saturated heterocycles. The first-order chi connectivity index (χ1) is 12.5. The molecule has 0 radical (unpaired) electrons. The molecule has 8 heteroatoms. The van der Waals surface area contributed by atoms with Crippen molar-refractivity contribution in [1.29, 1.82) is 0 Å². The minimum Gasteiger partial charge on any atom is -0.465 e. The quantitative estimate of drug-likeness (QED) is 0.596. The molecule has 1 N–H and O–H groups in total. The molecule has 2 amide bonds. The van der Waals surface area contributed by atoms with Crippen molar-refractivity contribution in [2.75, 3.05) is 11.9 Å². The molecule has 0 bridgehead atoms. The summed E-state index contributed by atoms with van der Waals surface area (Å²) < 4.78 is 18.5. The van der Waals surface area contributed by atoms with Crippen LogP contribution in [0.25, 0.3) is 6.08 Å². The second kappa shape index (κ2) is 8.29. The summed E-state index contributed by atoms with van der Waals surface area (Å²) in [5.41, 5.74) is 0.531. The first-order valence-corrected chi connectivity index (χ1v) is 9.10. The summed E-state index contributed by atoms with van der Waals surface area (Å²) in [6.07, 6.45) is 3.88. The molecule has 0 saturated carbocycles. The summed E-state index contributed by atoms with van der Waals surface area (Å²) in [5, 5.41) is 2.68. The third-order valence-electron chi connectivity index (χ3n) is 3.60. The Labute approximate surface area is 159 Å². The number of nitrogens with one attached hydrogen (secondary N) is 1. The molecule has 5 nitrogen and oxygen atoms in total. The lowest BCUT2D eigenvalue weighted by Gasteiger charge is -2.14. The summed E-state index contributed by atoms with van der Waals surface area (Å²) in [6, 6.07) is 9.05. The zero-order chi connectivity index (χ0) is 18.5. The Hall–Kier alpha value is -2.45. The van der Waals surface area contributed by atoms with Gasteiger partial charge in [0.2, 0.25) is 5.91 Å². The highest BCUT2D eigenvalue weighted by Gasteiger charge is 2.31. The zero-order valence-electron chi connectivity index (χ0n) is 13.6. The molecule has 2 aromatic rings. The van der Waals surface area contributed by atoms with Crippen LogP contribution in [0, 0.1) is 5.82 Å². The average Bonchev–Trinajstić information content (AvgIpc) is 3.21. The highest BCUT2D eigenvalue weighted by molar-refractivity contribution is 8.26. The van der Waals surface area contributed by atoms with E-state index in [-0.39, 0.29) is 24.1 Å². The monoisotopic (exact) mass is 390 g/mol. The predicted molar refractivity (Wildman–Crippen MR) is 103 cm³/mol. The first kappa shape index (κ1) is 18.3. The van der Waals surface area contributed by atoms with Crippen molar-refractivity contribution in [1.82, 2.24) is 4.90 Å². The molecule has 0 atom stereocenters. The van der Waals surface area contributed by atoms with Gasteiger partial charge < -0.3 is 9.73 Å². The Morgan fingerprint density at radius 1 is 1.31 bits per heavy atom. The van der Waals surface area contributed by atoms with Crippen LogP contribution in [-0.4, -0.2) is 27.6 Å². The van der Waals surface area contributed by atoms with Crippen LogP contribution in [0.5, 0.6) is 0 Å². The van der Waals surface area contributed by atoms with Gasteiger partial charge in [-0.25, -0.2) is 4.39 Å². The summed E-state index contributed by atoms with van der Waals surface area (Å²) in [7, 11) is 0. The van der Waals surface area contributed by atoms with Crippen LogP contribution < -0.4 is 5.32 Å². The highest BCUT2D eigenvalue weighted by atomic mass is 32.2. The van der Waals surface area contributed by atoms with E-state index in [1.54, 1.807) is 18.2 Å². The molecular weight excluding hydrogens is 375 g/mol. The van der Waals surface area contributed by atoms with E-state index in [1.807, 2.05) is 0 Å². The van der Waals surface area contributed by atoms with Gasteiger partial charge in [0, 0.05) is 24.7 Å². The van der Waals surface area contributed by atoms with Crippen LogP contribution in [0.3, 0.4) is 0 Å². The van der Waals surface area contributed by atoms with Crippen LogP contribution >= 0.6 is 24.0 Å². The summed E-state index contributed by atoms with van der Waals surface area (Å²) in [6.45, 7) is 0.358. The van der Waals surface area contributed by atoms with Gasteiger partial charge in [0.25, 0.3) is 5.91 Å². The van der Waals surface area contributed by atoms with Crippen molar-refractivity contribution in [3.05, 3.63) is 59.1 Å². The van der Waals surface area contributed by atoms with Crippen molar-refractivity contribution in [2.45, 2.75) is 12.8 Å². The molecule has 1 aliphatic rings. The lowest BCUT2D eigenvalue weighted by molar-refractivity contribution is -0.122. The number of furan rings is 1. The summed E-state index contributed by atoms with van der Waals surface area (Å²) >= 11 is 6.46. The van der Waals surface area contributed by atoms with Gasteiger partial charge in [-0.15, -0.1) is 0 Å². The molecule has 2 heterocycles. The lowest BCUT2D eigenvalue weighted by Crippen LogP contribution is -2.29. The van der Waals surface area contributed by atoms with Crippen LogP contribution in [-0.2, 0) is 9.59 Å². The molecule has 0 aliphatic carbocycles. The van der Waals surface area contributed by atoms with Crippen LogP contribution in [0.2, 0.25) is 0 Å². The van der Waals surface area contributed by atoms with Crippen LogP contribution in [0.15, 0.2) is 52.0 Å². The number of thiocarbonyl (C=S) groups is 1. The topological polar surface area (TPSA) is 62.6 Å². The molecule has 0 unspecified atom stereocenters. The number of amides is 2. The third kappa shape index (κ3) is 4.59. The molecule has 0 spiro atoms. The number of benzene rings is 1. The van der Waals surface area contributed by atoms with E-state index in [0.29, 0.717) is 33.6 Å². The first-order valence-electron chi connectivity index (χ1n) is 7.87. The van der Waals surface area contributed by atoms with Gasteiger partial charge in [-0.3, -0.25) is 14.5 Å². The number of hydrogen-bond acceptors (Lipinski definition) is 5. The Bertz CT molecular complexity index is 848. The van der Waals surface area contributed by atoms with Crippen LogP contribution in [0.1, 0.15) is 18.6 Å². The maximum atomic E-state index is 12.8. The molecule has 26 heavy (non-hydrogen) atoms. The van der Waals surface area contributed by atoms with E-state index in [2.05, 4.69) is 5.32 Å². The smallest absolute Gasteiger partial charge is 0.266 e. The predicted octanol–water partition coefficient (Wildman–Crippen LogP) is 4.04. The van der Waals surface area contributed by atoms with E-state index in [4.69, 9.17) is 16.6 Å². The number of hydrogen-bond donors (Lipinski definition) is 1. The van der Waals surface area contributed by atoms with Gasteiger partial charge in [0.05, 0.1) is 11.2 Å². The van der Waals surface area contributed by atoms with E-state index in [9.17, 15) is 14.0 Å². The van der Waals surface area contributed by atoms with Crippen molar-refractivity contribution in [2.24, 2.45) is 0 Å². The molecule has 1 aromatic heterocycles. The third-order valence-corrected chi connectivity index (χ3v) is 4.98. The highest BCUT2D eigenvalue weighted by Crippen LogP contribution is 2.32. The Kier molecular flexibility index (Phi) is 5.85. The maximum absolute atomic E-state index is 12.8. The Balaban J connectivity index is 1.50. The fourth-order valence-corrected chi connectivity index (χ4v) is 3.64. The van der Waals surface area contributed by atoms with E-state index >= 15 is 0 Å². The molecule has 134 valence electrons.